The van der Waals surface area contributed by atoms with E-state index in [-0.39, 0.29) is 24.0 Å². The van der Waals surface area contributed by atoms with Gasteiger partial charge in [-0.3, -0.25) is 4.99 Å². The molecule has 2 heterocycles. The average Bonchev–Trinajstić information content (AvgIpc) is 3.18. The first-order chi connectivity index (χ1) is 10.8. The summed E-state index contributed by atoms with van der Waals surface area (Å²) in [5.74, 6) is 3.02. The van der Waals surface area contributed by atoms with Crippen LogP contribution in [-0.2, 0) is 19.5 Å². The van der Waals surface area contributed by atoms with Crippen molar-refractivity contribution in [1.82, 2.24) is 25.4 Å². The minimum Gasteiger partial charge on any atom is -0.354 e. The Balaban J connectivity index is 0.00000192. The van der Waals surface area contributed by atoms with E-state index in [0.29, 0.717) is 12.6 Å². The number of nitrogens with one attached hydrogen (secondary N) is 2. The van der Waals surface area contributed by atoms with Crippen LogP contribution in [0.25, 0.3) is 0 Å². The van der Waals surface area contributed by atoms with Gasteiger partial charge in [0.05, 0.1) is 6.54 Å². The molecule has 0 bridgehead atoms. The first-order valence-electron chi connectivity index (χ1n) is 8.21. The summed E-state index contributed by atoms with van der Waals surface area (Å²) in [5.41, 5.74) is 0. The number of aryl methyl sites for hydroxylation is 1. The molecule has 1 saturated carbocycles. The van der Waals surface area contributed by atoms with Crippen LogP contribution in [0.3, 0.4) is 0 Å². The molecule has 1 aromatic heterocycles. The van der Waals surface area contributed by atoms with Gasteiger partial charge in [0.15, 0.2) is 11.8 Å². The second-order valence-corrected chi connectivity index (χ2v) is 7.22. The monoisotopic (exact) mass is 450 g/mol. The lowest BCUT2D eigenvalue weighted by Gasteiger charge is -2.18. The van der Waals surface area contributed by atoms with Crippen LogP contribution in [0.2, 0.25) is 0 Å². The van der Waals surface area contributed by atoms with Crippen molar-refractivity contribution in [3.05, 3.63) is 11.6 Å². The van der Waals surface area contributed by atoms with Crippen LogP contribution in [0.5, 0.6) is 0 Å². The van der Waals surface area contributed by atoms with Gasteiger partial charge in [-0.25, -0.2) is 0 Å². The Labute approximate surface area is 159 Å². The number of aromatic nitrogens is 3. The van der Waals surface area contributed by atoms with Crippen LogP contribution >= 0.6 is 35.7 Å². The second-order valence-electron chi connectivity index (χ2n) is 6.08. The summed E-state index contributed by atoms with van der Waals surface area (Å²) < 4.78 is 2.25. The fraction of sp³-hybridized carbons (Fsp3) is 0.800. The number of thioether (sulfide) groups is 1. The lowest BCUT2D eigenvalue weighted by atomic mass is 10.2. The number of aliphatic imine (C=N–C) groups is 1. The first kappa shape index (κ1) is 18.8. The summed E-state index contributed by atoms with van der Waals surface area (Å²) >= 11 is 1.98. The van der Waals surface area contributed by atoms with Gasteiger partial charge in [-0.15, -0.1) is 34.2 Å². The molecule has 130 valence electrons. The van der Waals surface area contributed by atoms with E-state index >= 15 is 0 Å². The van der Waals surface area contributed by atoms with Crippen LogP contribution in [0.4, 0.5) is 0 Å². The van der Waals surface area contributed by atoms with E-state index in [1.807, 2.05) is 18.8 Å². The van der Waals surface area contributed by atoms with Gasteiger partial charge in [-0.1, -0.05) is 0 Å². The van der Waals surface area contributed by atoms with Gasteiger partial charge < -0.3 is 15.2 Å². The normalized spacial score (nSPS) is 24.0. The molecule has 8 heteroatoms. The third-order valence-corrected chi connectivity index (χ3v) is 5.73. The van der Waals surface area contributed by atoms with E-state index in [4.69, 9.17) is 0 Å². The van der Waals surface area contributed by atoms with Crippen LogP contribution < -0.4 is 10.6 Å². The molecule has 2 aliphatic rings. The van der Waals surface area contributed by atoms with Crippen LogP contribution in [0.15, 0.2) is 4.99 Å². The van der Waals surface area contributed by atoms with Crippen molar-refractivity contribution in [1.29, 1.82) is 0 Å². The molecule has 1 aliphatic carbocycles. The highest BCUT2D eigenvalue weighted by Crippen LogP contribution is 2.28. The lowest BCUT2D eigenvalue weighted by Crippen LogP contribution is -2.42. The number of halogens is 1. The predicted molar refractivity (Wildman–Crippen MR) is 107 cm³/mol. The lowest BCUT2D eigenvalue weighted by molar-refractivity contribution is 0.504. The van der Waals surface area contributed by atoms with E-state index in [1.165, 1.54) is 32.1 Å². The topological polar surface area (TPSA) is 67.1 Å². The molecule has 1 fully saturated rings. The Morgan fingerprint density at radius 1 is 1.35 bits per heavy atom. The molecule has 1 aromatic rings. The third kappa shape index (κ3) is 4.74. The number of guanidine groups is 1. The fourth-order valence-corrected chi connectivity index (χ4v) is 4.13. The van der Waals surface area contributed by atoms with Gasteiger partial charge in [0.25, 0.3) is 0 Å². The Morgan fingerprint density at radius 2 is 2.22 bits per heavy atom. The van der Waals surface area contributed by atoms with Gasteiger partial charge in [-0.2, -0.15) is 11.8 Å². The Morgan fingerprint density at radius 3 is 2.96 bits per heavy atom. The van der Waals surface area contributed by atoms with E-state index in [0.717, 1.165) is 35.8 Å². The standard InChI is InChI=1S/C15H26N6S.HI/c1-16-15(18-11-6-7-12(9-11)22-2)17-10-14-20-19-13-5-3-4-8-21(13)14;/h11-12H,3-10H2,1-2H3,(H2,16,17,18);1H. The molecule has 0 amide bonds. The molecule has 0 aromatic carbocycles. The number of fused-ring (bicyclic) bond motifs is 1. The maximum atomic E-state index is 4.34. The molecule has 2 N–H and O–H groups in total. The molecule has 6 nitrogen and oxygen atoms in total. The molecular formula is C15H27IN6S. The summed E-state index contributed by atoms with van der Waals surface area (Å²) in [4.78, 5) is 4.34. The summed E-state index contributed by atoms with van der Waals surface area (Å²) in [6.07, 6.45) is 9.46. The maximum absolute atomic E-state index is 4.34. The third-order valence-electron chi connectivity index (χ3n) is 4.63. The zero-order chi connectivity index (χ0) is 15.4. The molecule has 3 rings (SSSR count). The summed E-state index contributed by atoms with van der Waals surface area (Å²) in [6.45, 7) is 1.73. The van der Waals surface area contributed by atoms with Crippen molar-refractivity contribution >= 4 is 41.7 Å². The SMILES string of the molecule is CN=C(NCc1nnc2n1CCCC2)NC1CCC(SC)C1.I. The van der Waals surface area contributed by atoms with Gasteiger partial charge in [-0.05, 0) is 38.4 Å². The number of hydrogen-bond donors (Lipinski definition) is 2. The highest BCUT2D eigenvalue weighted by atomic mass is 127. The molecule has 2 unspecified atom stereocenters. The number of nitrogens with zero attached hydrogens (tertiary/aromatic N) is 4. The van der Waals surface area contributed by atoms with Gasteiger partial charge in [0, 0.05) is 31.3 Å². The largest absolute Gasteiger partial charge is 0.354 e. The van der Waals surface area contributed by atoms with Crippen molar-refractivity contribution in [2.45, 2.75) is 62.9 Å². The summed E-state index contributed by atoms with van der Waals surface area (Å²) in [5, 5.41) is 16.3. The zero-order valence-corrected chi connectivity index (χ0v) is 17.1. The van der Waals surface area contributed by atoms with Crippen LogP contribution in [-0.4, -0.2) is 45.3 Å². The van der Waals surface area contributed by atoms with E-state index in [2.05, 4.69) is 36.6 Å². The molecule has 0 spiro atoms. The van der Waals surface area contributed by atoms with Crippen LogP contribution in [0, 0.1) is 0 Å². The van der Waals surface area contributed by atoms with E-state index < -0.39 is 0 Å². The molecular weight excluding hydrogens is 423 g/mol. The maximum Gasteiger partial charge on any atom is 0.191 e. The second kappa shape index (κ2) is 9.10. The van der Waals surface area contributed by atoms with Gasteiger partial charge in [0.1, 0.15) is 5.82 Å². The Hall–Kier alpha value is -0.510. The minimum atomic E-state index is 0. The zero-order valence-electron chi connectivity index (χ0n) is 13.9. The Kier molecular flexibility index (Phi) is 7.45. The van der Waals surface area contributed by atoms with Crippen LogP contribution in [0.1, 0.15) is 43.8 Å². The quantitative estimate of drug-likeness (QED) is 0.418. The molecule has 0 saturated heterocycles. The van der Waals surface area contributed by atoms with E-state index in [1.54, 1.807) is 0 Å². The smallest absolute Gasteiger partial charge is 0.191 e. The number of hydrogen-bond acceptors (Lipinski definition) is 4. The molecule has 0 radical (unpaired) electrons. The summed E-state index contributed by atoms with van der Waals surface area (Å²) in [6, 6.07) is 0.538. The van der Waals surface area contributed by atoms with Crippen molar-refractivity contribution in [2.75, 3.05) is 13.3 Å². The minimum absolute atomic E-state index is 0. The van der Waals surface area contributed by atoms with Crippen molar-refractivity contribution < 1.29 is 0 Å². The Bertz CT molecular complexity index is 532. The molecule has 1 aliphatic heterocycles. The summed E-state index contributed by atoms with van der Waals surface area (Å²) in [7, 11) is 1.83. The molecule has 23 heavy (non-hydrogen) atoms. The van der Waals surface area contributed by atoms with Crippen molar-refractivity contribution in [3.63, 3.8) is 0 Å². The first-order valence-corrected chi connectivity index (χ1v) is 9.50. The number of rotatable bonds is 4. The van der Waals surface area contributed by atoms with Gasteiger partial charge >= 0.3 is 0 Å². The average molecular weight is 450 g/mol. The van der Waals surface area contributed by atoms with E-state index in [9.17, 15) is 0 Å². The van der Waals surface area contributed by atoms with Gasteiger partial charge in [0.2, 0.25) is 0 Å². The van der Waals surface area contributed by atoms with Crippen molar-refractivity contribution in [2.24, 2.45) is 4.99 Å². The molecule has 2 atom stereocenters. The highest BCUT2D eigenvalue weighted by Gasteiger charge is 2.24. The highest BCUT2D eigenvalue weighted by molar-refractivity contribution is 14.0. The fourth-order valence-electron chi connectivity index (χ4n) is 3.34. The predicted octanol–water partition coefficient (Wildman–Crippen LogP) is 2.18. The van der Waals surface area contributed by atoms with Crippen molar-refractivity contribution in [3.8, 4) is 0 Å².